The third kappa shape index (κ3) is 3.05. The average molecular weight is 336 g/mol. The summed E-state index contributed by atoms with van der Waals surface area (Å²) in [6, 6.07) is 13.7. The molecule has 0 saturated carbocycles. The molecule has 3 aromatic rings. The van der Waals surface area contributed by atoms with Crippen LogP contribution in [0.25, 0.3) is 10.9 Å². The van der Waals surface area contributed by atoms with Gasteiger partial charge in [-0.15, -0.1) is 0 Å². The van der Waals surface area contributed by atoms with Gasteiger partial charge >= 0.3 is 0 Å². The van der Waals surface area contributed by atoms with E-state index in [0.29, 0.717) is 13.0 Å². The van der Waals surface area contributed by atoms with Gasteiger partial charge in [-0.1, -0.05) is 18.2 Å². The summed E-state index contributed by atoms with van der Waals surface area (Å²) in [7, 11) is 1.66. The molecule has 1 atom stereocenters. The number of hydrogen-bond donors (Lipinski definition) is 2. The van der Waals surface area contributed by atoms with Crippen LogP contribution in [0.4, 0.5) is 0 Å². The SMILES string of the molecule is COc1ccc2[nH]cc(CCNC(=O)[C@@H]3Cc4ccccc4O3)c2c1. The standard InChI is InChI=1S/C20H20N2O3/c1-24-15-6-7-17-16(11-15)14(12-22-17)8-9-21-20(23)19-10-13-4-2-3-5-18(13)25-19/h2-7,11-12,19,22H,8-10H2,1H3,(H,21,23)/t19-/m0/s1. The van der Waals surface area contributed by atoms with Crippen LogP contribution in [-0.2, 0) is 17.6 Å². The first-order valence-corrected chi connectivity index (χ1v) is 8.41. The number of amides is 1. The molecule has 1 aliphatic heterocycles. The zero-order valence-electron chi connectivity index (χ0n) is 14.0. The highest BCUT2D eigenvalue weighted by Gasteiger charge is 2.28. The molecule has 0 spiro atoms. The summed E-state index contributed by atoms with van der Waals surface area (Å²) in [5.41, 5.74) is 3.31. The van der Waals surface area contributed by atoms with Gasteiger partial charge in [-0.2, -0.15) is 0 Å². The van der Waals surface area contributed by atoms with Gasteiger partial charge in [0.15, 0.2) is 6.10 Å². The van der Waals surface area contributed by atoms with Crippen molar-refractivity contribution >= 4 is 16.8 Å². The molecular formula is C20H20N2O3. The van der Waals surface area contributed by atoms with Gasteiger partial charge in [0.1, 0.15) is 11.5 Å². The van der Waals surface area contributed by atoms with Gasteiger partial charge in [-0.3, -0.25) is 4.79 Å². The lowest BCUT2D eigenvalue weighted by atomic mass is 10.1. The van der Waals surface area contributed by atoms with Gasteiger partial charge in [0, 0.05) is 30.1 Å². The minimum absolute atomic E-state index is 0.0615. The van der Waals surface area contributed by atoms with Gasteiger partial charge in [-0.05, 0) is 41.8 Å². The van der Waals surface area contributed by atoms with Crippen molar-refractivity contribution in [2.45, 2.75) is 18.9 Å². The molecule has 1 aliphatic rings. The van der Waals surface area contributed by atoms with Crippen molar-refractivity contribution in [2.24, 2.45) is 0 Å². The molecule has 5 heteroatoms. The lowest BCUT2D eigenvalue weighted by molar-refractivity contribution is -0.127. The quantitative estimate of drug-likeness (QED) is 0.753. The molecule has 0 bridgehead atoms. The van der Waals surface area contributed by atoms with Crippen molar-refractivity contribution in [3.63, 3.8) is 0 Å². The highest BCUT2D eigenvalue weighted by molar-refractivity contribution is 5.85. The Kier molecular flexibility index (Phi) is 4.06. The Hall–Kier alpha value is -2.95. The van der Waals surface area contributed by atoms with Crippen molar-refractivity contribution < 1.29 is 14.3 Å². The molecule has 0 aliphatic carbocycles. The molecule has 2 N–H and O–H groups in total. The Labute approximate surface area is 146 Å². The number of H-pyrrole nitrogens is 1. The van der Waals surface area contributed by atoms with E-state index in [0.717, 1.165) is 39.9 Å². The number of aromatic nitrogens is 1. The number of rotatable bonds is 5. The first-order valence-electron chi connectivity index (χ1n) is 8.41. The van der Waals surface area contributed by atoms with Gasteiger partial charge < -0.3 is 19.8 Å². The third-order valence-electron chi connectivity index (χ3n) is 4.61. The minimum Gasteiger partial charge on any atom is -0.497 e. The van der Waals surface area contributed by atoms with Gasteiger partial charge in [0.05, 0.1) is 7.11 Å². The van der Waals surface area contributed by atoms with E-state index in [2.05, 4.69) is 10.3 Å². The van der Waals surface area contributed by atoms with Crippen LogP contribution in [0.2, 0.25) is 0 Å². The maximum Gasteiger partial charge on any atom is 0.261 e. The Morgan fingerprint density at radius 2 is 2.20 bits per heavy atom. The summed E-state index contributed by atoms with van der Waals surface area (Å²) < 4.78 is 11.0. The number of para-hydroxylation sites is 1. The summed E-state index contributed by atoms with van der Waals surface area (Å²) in [5.74, 6) is 1.58. The molecule has 0 radical (unpaired) electrons. The lowest BCUT2D eigenvalue weighted by Gasteiger charge is -2.11. The predicted molar refractivity (Wildman–Crippen MR) is 96.1 cm³/mol. The normalized spacial score (nSPS) is 15.6. The van der Waals surface area contributed by atoms with Crippen LogP contribution in [0.3, 0.4) is 0 Å². The minimum atomic E-state index is -0.430. The second kappa shape index (κ2) is 6.51. The summed E-state index contributed by atoms with van der Waals surface area (Å²) in [5, 5.41) is 4.11. The Morgan fingerprint density at radius 1 is 1.32 bits per heavy atom. The Morgan fingerprint density at radius 3 is 3.04 bits per heavy atom. The van der Waals surface area contributed by atoms with Crippen LogP contribution in [0.1, 0.15) is 11.1 Å². The lowest BCUT2D eigenvalue weighted by Crippen LogP contribution is -2.38. The van der Waals surface area contributed by atoms with E-state index >= 15 is 0 Å². The van der Waals surface area contributed by atoms with Crippen LogP contribution in [0.15, 0.2) is 48.7 Å². The second-order valence-corrected chi connectivity index (χ2v) is 6.18. The van der Waals surface area contributed by atoms with Gasteiger partial charge in [-0.25, -0.2) is 0 Å². The molecule has 25 heavy (non-hydrogen) atoms. The maximum absolute atomic E-state index is 12.3. The van der Waals surface area contributed by atoms with Crippen LogP contribution in [0.5, 0.6) is 11.5 Å². The van der Waals surface area contributed by atoms with Crippen LogP contribution < -0.4 is 14.8 Å². The maximum atomic E-state index is 12.3. The highest BCUT2D eigenvalue weighted by atomic mass is 16.5. The predicted octanol–water partition coefficient (Wildman–Crippen LogP) is 2.84. The molecule has 2 aromatic carbocycles. The summed E-state index contributed by atoms with van der Waals surface area (Å²) in [6.45, 7) is 0.569. The van der Waals surface area contributed by atoms with E-state index in [-0.39, 0.29) is 5.91 Å². The molecule has 0 saturated heterocycles. The van der Waals surface area contributed by atoms with Crippen molar-refractivity contribution in [3.05, 3.63) is 59.8 Å². The Bertz CT molecular complexity index is 891. The van der Waals surface area contributed by atoms with E-state index in [1.807, 2.05) is 48.7 Å². The van der Waals surface area contributed by atoms with Crippen molar-refractivity contribution in [3.8, 4) is 11.5 Å². The molecule has 1 aromatic heterocycles. The first-order chi connectivity index (χ1) is 12.2. The highest BCUT2D eigenvalue weighted by Crippen LogP contribution is 2.28. The molecule has 1 amide bonds. The fraction of sp³-hybridized carbons (Fsp3) is 0.250. The van der Waals surface area contributed by atoms with Crippen molar-refractivity contribution in [2.75, 3.05) is 13.7 Å². The van der Waals surface area contributed by atoms with Crippen molar-refractivity contribution in [1.29, 1.82) is 0 Å². The smallest absolute Gasteiger partial charge is 0.261 e. The van der Waals surface area contributed by atoms with E-state index in [1.54, 1.807) is 7.11 Å². The molecule has 0 unspecified atom stereocenters. The molecule has 5 nitrogen and oxygen atoms in total. The monoisotopic (exact) mass is 336 g/mol. The number of benzene rings is 2. The number of nitrogens with one attached hydrogen (secondary N) is 2. The number of aromatic amines is 1. The van der Waals surface area contributed by atoms with E-state index < -0.39 is 6.10 Å². The van der Waals surface area contributed by atoms with Crippen molar-refractivity contribution in [1.82, 2.24) is 10.3 Å². The second-order valence-electron chi connectivity index (χ2n) is 6.18. The van der Waals surface area contributed by atoms with Crippen LogP contribution >= 0.6 is 0 Å². The molecular weight excluding hydrogens is 316 g/mol. The third-order valence-corrected chi connectivity index (χ3v) is 4.61. The topological polar surface area (TPSA) is 63.3 Å². The largest absolute Gasteiger partial charge is 0.497 e. The fourth-order valence-corrected chi connectivity index (χ4v) is 3.25. The van der Waals surface area contributed by atoms with E-state index in [1.165, 1.54) is 0 Å². The molecule has 2 heterocycles. The Balaban J connectivity index is 1.36. The van der Waals surface area contributed by atoms with Gasteiger partial charge in [0.25, 0.3) is 5.91 Å². The molecule has 4 rings (SSSR count). The van der Waals surface area contributed by atoms with Crippen LogP contribution in [-0.4, -0.2) is 30.6 Å². The first kappa shape index (κ1) is 15.6. The zero-order valence-corrected chi connectivity index (χ0v) is 14.0. The summed E-state index contributed by atoms with van der Waals surface area (Å²) >= 11 is 0. The fourth-order valence-electron chi connectivity index (χ4n) is 3.25. The average Bonchev–Trinajstić information content (AvgIpc) is 3.25. The zero-order chi connectivity index (χ0) is 17.2. The summed E-state index contributed by atoms with van der Waals surface area (Å²) in [4.78, 5) is 15.6. The number of methoxy groups -OCH3 is 1. The number of carbonyl (C=O) groups excluding carboxylic acids is 1. The number of carbonyl (C=O) groups is 1. The van der Waals surface area contributed by atoms with Gasteiger partial charge in [0.2, 0.25) is 0 Å². The summed E-state index contributed by atoms with van der Waals surface area (Å²) in [6.07, 6.45) is 2.93. The number of fused-ring (bicyclic) bond motifs is 2. The molecule has 128 valence electrons. The van der Waals surface area contributed by atoms with E-state index in [4.69, 9.17) is 9.47 Å². The number of ether oxygens (including phenoxy) is 2. The van der Waals surface area contributed by atoms with Crippen LogP contribution in [0, 0.1) is 0 Å². The number of hydrogen-bond acceptors (Lipinski definition) is 3. The van der Waals surface area contributed by atoms with E-state index in [9.17, 15) is 4.79 Å². The molecule has 0 fully saturated rings.